The van der Waals surface area contributed by atoms with E-state index in [-0.39, 0.29) is 5.91 Å². The quantitative estimate of drug-likeness (QED) is 0.760. The van der Waals surface area contributed by atoms with Crippen molar-refractivity contribution in [3.63, 3.8) is 0 Å². The molecule has 0 fully saturated rings. The molecule has 118 valence electrons. The van der Waals surface area contributed by atoms with Gasteiger partial charge in [-0.3, -0.25) is 4.79 Å². The number of rotatable bonds is 6. The lowest BCUT2D eigenvalue weighted by atomic mass is 10.0. The van der Waals surface area contributed by atoms with Gasteiger partial charge in [-0.2, -0.15) is 0 Å². The molecule has 1 heterocycles. The van der Waals surface area contributed by atoms with Crippen LogP contribution in [0.15, 0.2) is 30.5 Å². The van der Waals surface area contributed by atoms with Gasteiger partial charge < -0.3 is 20.1 Å². The number of amides is 1. The van der Waals surface area contributed by atoms with Crippen molar-refractivity contribution in [2.45, 2.75) is 32.4 Å². The van der Waals surface area contributed by atoms with Crippen molar-refractivity contribution < 1.29 is 14.6 Å². The predicted octanol–water partition coefficient (Wildman–Crippen LogP) is 1.83. The third-order valence-electron chi connectivity index (χ3n) is 3.50. The molecule has 2 aromatic rings. The Morgan fingerprint density at radius 1 is 1.41 bits per heavy atom. The molecule has 3 N–H and O–H groups in total. The molecule has 1 amide bonds. The van der Waals surface area contributed by atoms with Gasteiger partial charge in [0.1, 0.15) is 17.3 Å². The zero-order chi connectivity index (χ0) is 16.1. The zero-order valence-corrected chi connectivity index (χ0v) is 13.0. The third kappa shape index (κ3) is 3.65. The van der Waals surface area contributed by atoms with Crippen LogP contribution < -0.4 is 10.1 Å². The Morgan fingerprint density at radius 2 is 2.09 bits per heavy atom. The van der Waals surface area contributed by atoms with E-state index in [9.17, 15) is 9.90 Å². The van der Waals surface area contributed by atoms with Crippen LogP contribution >= 0.6 is 0 Å². The minimum absolute atomic E-state index is 0.285. The number of carbonyl (C=O) groups is 1. The van der Waals surface area contributed by atoms with Gasteiger partial charge in [-0.15, -0.1) is 0 Å². The van der Waals surface area contributed by atoms with E-state index in [0.29, 0.717) is 11.3 Å². The molecule has 6 nitrogen and oxygen atoms in total. The maximum Gasteiger partial charge on any atom is 0.269 e. The van der Waals surface area contributed by atoms with E-state index in [1.807, 2.05) is 6.92 Å². The van der Waals surface area contributed by atoms with Crippen LogP contribution in [0.3, 0.4) is 0 Å². The highest BCUT2D eigenvalue weighted by Crippen LogP contribution is 2.20. The van der Waals surface area contributed by atoms with Gasteiger partial charge >= 0.3 is 0 Å². The lowest BCUT2D eigenvalue weighted by Crippen LogP contribution is -2.37. The predicted molar refractivity (Wildman–Crippen MR) is 82.8 cm³/mol. The second-order valence-corrected chi connectivity index (χ2v) is 5.08. The second kappa shape index (κ2) is 7.09. The fourth-order valence-electron chi connectivity index (χ4n) is 2.11. The lowest BCUT2D eigenvalue weighted by molar-refractivity contribution is 0.0847. The number of imidazole rings is 1. The molecule has 0 aliphatic rings. The van der Waals surface area contributed by atoms with Crippen molar-refractivity contribution in [3.8, 4) is 5.75 Å². The molecule has 2 atom stereocenters. The number of hydrogen-bond donors (Lipinski definition) is 3. The zero-order valence-electron chi connectivity index (χ0n) is 13.0. The molecule has 22 heavy (non-hydrogen) atoms. The van der Waals surface area contributed by atoms with Crippen LogP contribution in [-0.2, 0) is 6.42 Å². The fraction of sp³-hybridized carbons (Fsp3) is 0.375. The highest BCUT2D eigenvalue weighted by Gasteiger charge is 2.20. The molecule has 1 aromatic carbocycles. The molecule has 2 rings (SSSR count). The molecular formula is C16H21N3O3. The van der Waals surface area contributed by atoms with Crippen LogP contribution in [0.2, 0.25) is 0 Å². The van der Waals surface area contributed by atoms with Crippen LogP contribution in [-0.4, -0.2) is 34.1 Å². The van der Waals surface area contributed by atoms with E-state index in [1.54, 1.807) is 38.3 Å². The van der Waals surface area contributed by atoms with E-state index >= 15 is 0 Å². The normalized spacial score (nSPS) is 13.5. The Hall–Kier alpha value is -2.34. The maximum absolute atomic E-state index is 12.1. The Bertz CT molecular complexity index is 622. The van der Waals surface area contributed by atoms with Crippen molar-refractivity contribution in [2.75, 3.05) is 7.11 Å². The summed E-state index contributed by atoms with van der Waals surface area (Å²) in [4.78, 5) is 19.1. The van der Waals surface area contributed by atoms with Crippen molar-refractivity contribution in [2.24, 2.45) is 0 Å². The highest BCUT2D eigenvalue weighted by atomic mass is 16.5. The molecule has 0 bridgehead atoms. The number of methoxy groups -OCH3 is 1. The van der Waals surface area contributed by atoms with Gasteiger partial charge in [0, 0.05) is 6.42 Å². The molecule has 2 unspecified atom stereocenters. The number of ether oxygens (including phenoxy) is 1. The van der Waals surface area contributed by atoms with Gasteiger partial charge in [0.2, 0.25) is 0 Å². The van der Waals surface area contributed by atoms with E-state index in [0.717, 1.165) is 18.0 Å². The number of benzene rings is 1. The SMILES string of the molecule is CCc1ncc(C(=O)NC(C)C(O)c2ccc(OC)cc2)[nH]1. The number of aliphatic hydroxyl groups excluding tert-OH is 1. The second-order valence-electron chi connectivity index (χ2n) is 5.08. The molecule has 1 aromatic heterocycles. The molecule has 0 spiro atoms. The first-order valence-electron chi connectivity index (χ1n) is 7.22. The Kier molecular flexibility index (Phi) is 5.16. The first kappa shape index (κ1) is 16.0. The van der Waals surface area contributed by atoms with Gasteiger partial charge in [0.25, 0.3) is 5.91 Å². The molecule has 0 saturated heterocycles. The summed E-state index contributed by atoms with van der Waals surface area (Å²) in [6, 6.07) is 6.66. The topological polar surface area (TPSA) is 87.2 Å². The number of nitrogens with one attached hydrogen (secondary N) is 2. The first-order valence-corrected chi connectivity index (χ1v) is 7.22. The third-order valence-corrected chi connectivity index (χ3v) is 3.50. The number of aliphatic hydroxyl groups is 1. The van der Waals surface area contributed by atoms with Gasteiger partial charge in [0.05, 0.1) is 25.5 Å². The molecule has 0 aliphatic carbocycles. The lowest BCUT2D eigenvalue weighted by Gasteiger charge is -2.20. The minimum atomic E-state index is -0.802. The monoisotopic (exact) mass is 303 g/mol. The summed E-state index contributed by atoms with van der Waals surface area (Å²) >= 11 is 0. The Labute approximate surface area is 129 Å². The van der Waals surface area contributed by atoms with Crippen LogP contribution in [0.5, 0.6) is 5.75 Å². The van der Waals surface area contributed by atoms with Gasteiger partial charge in [-0.25, -0.2) is 4.98 Å². The number of aryl methyl sites for hydroxylation is 1. The van der Waals surface area contributed by atoms with Crippen molar-refractivity contribution >= 4 is 5.91 Å². The summed E-state index contributed by atoms with van der Waals surface area (Å²) in [6.07, 6.45) is 1.43. The van der Waals surface area contributed by atoms with Crippen molar-refractivity contribution in [1.29, 1.82) is 0 Å². The Morgan fingerprint density at radius 3 is 2.64 bits per heavy atom. The number of aromatic amines is 1. The van der Waals surface area contributed by atoms with Crippen molar-refractivity contribution in [1.82, 2.24) is 15.3 Å². The van der Waals surface area contributed by atoms with E-state index in [2.05, 4.69) is 15.3 Å². The minimum Gasteiger partial charge on any atom is -0.497 e. The number of aromatic nitrogens is 2. The average Bonchev–Trinajstić information content (AvgIpc) is 3.03. The summed E-state index contributed by atoms with van der Waals surface area (Å²) in [5, 5.41) is 13.1. The van der Waals surface area contributed by atoms with Crippen LogP contribution in [0.1, 0.15) is 41.8 Å². The van der Waals surface area contributed by atoms with Gasteiger partial charge in [-0.05, 0) is 24.6 Å². The molecule has 0 aliphatic heterocycles. The van der Waals surface area contributed by atoms with Crippen molar-refractivity contribution in [3.05, 3.63) is 47.5 Å². The molecule has 0 saturated carbocycles. The molecular weight excluding hydrogens is 282 g/mol. The summed E-state index contributed by atoms with van der Waals surface area (Å²) in [7, 11) is 1.59. The Balaban J connectivity index is 2.00. The summed E-state index contributed by atoms with van der Waals surface area (Å²) < 4.78 is 5.08. The van der Waals surface area contributed by atoms with E-state index in [4.69, 9.17) is 4.74 Å². The number of nitrogens with zero attached hydrogens (tertiary/aromatic N) is 1. The molecule has 6 heteroatoms. The highest BCUT2D eigenvalue weighted by molar-refractivity contribution is 5.92. The van der Waals surface area contributed by atoms with E-state index < -0.39 is 12.1 Å². The largest absolute Gasteiger partial charge is 0.497 e. The number of carbonyl (C=O) groups excluding carboxylic acids is 1. The van der Waals surface area contributed by atoms with Crippen LogP contribution in [0.4, 0.5) is 0 Å². The average molecular weight is 303 g/mol. The summed E-state index contributed by atoms with van der Waals surface area (Å²) in [5.41, 5.74) is 1.11. The number of hydrogen-bond acceptors (Lipinski definition) is 4. The van der Waals surface area contributed by atoms with Crippen LogP contribution in [0, 0.1) is 0 Å². The summed E-state index contributed by atoms with van der Waals surface area (Å²) in [6.45, 7) is 3.71. The smallest absolute Gasteiger partial charge is 0.269 e. The molecule has 0 radical (unpaired) electrons. The standard InChI is InChI=1S/C16H21N3O3/c1-4-14-17-9-13(19-14)16(21)18-10(2)15(20)11-5-7-12(22-3)8-6-11/h5-10,15,20H,4H2,1-3H3,(H,17,19)(H,18,21). The van der Waals surface area contributed by atoms with Gasteiger partial charge in [0.15, 0.2) is 0 Å². The van der Waals surface area contributed by atoms with E-state index in [1.165, 1.54) is 6.20 Å². The number of H-pyrrole nitrogens is 1. The fourth-order valence-corrected chi connectivity index (χ4v) is 2.11. The summed E-state index contributed by atoms with van der Waals surface area (Å²) in [5.74, 6) is 1.19. The maximum atomic E-state index is 12.1. The van der Waals surface area contributed by atoms with Gasteiger partial charge in [-0.1, -0.05) is 19.1 Å². The first-order chi connectivity index (χ1) is 10.5. The van der Waals surface area contributed by atoms with Crippen LogP contribution in [0.25, 0.3) is 0 Å².